The van der Waals surface area contributed by atoms with Crippen molar-refractivity contribution in [2.24, 2.45) is 5.10 Å². The number of rotatable bonds is 5. The minimum atomic E-state index is -0.851. The van der Waals surface area contributed by atoms with Crippen LogP contribution < -0.4 is 10.7 Å². The number of benzene rings is 2. The number of nitrogens with zero attached hydrogens (tertiary/aromatic N) is 2. The molecule has 4 rings (SSSR count). The molecule has 8 nitrogen and oxygen atoms in total. The Morgan fingerprint density at radius 2 is 1.81 bits per heavy atom. The molecule has 0 radical (unpaired) electrons. The fourth-order valence-corrected chi connectivity index (χ4v) is 4.27. The van der Waals surface area contributed by atoms with E-state index < -0.39 is 16.6 Å². The molecule has 0 saturated heterocycles. The Kier molecular flexibility index (Phi) is 5.62. The number of non-ortho nitro benzene ring substituents is 1. The first kappa shape index (κ1) is 20.5. The lowest BCUT2D eigenvalue weighted by Gasteiger charge is -2.38. The van der Waals surface area contributed by atoms with Crippen LogP contribution in [0.15, 0.2) is 59.7 Å². The molecule has 0 atom stereocenters. The van der Waals surface area contributed by atoms with Crippen molar-refractivity contribution in [1.29, 1.82) is 0 Å². The Labute approximate surface area is 179 Å². The molecule has 158 valence electrons. The highest BCUT2D eigenvalue weighted by molar-refractivity contribution is 6.41. The molecule has 1 spiro atoms. The molecule has 2 aromatic rings. The van der Waals surface area contributed by atoms with E-state index in [9.17, 15) is 19.7 Å². The number of nitrogens with one attached hydrogen (secondary N) is 2. The van der Waals surface area contributed by atoms with Gasteiger partial charge in [-0.2, -0.15) is 5.10 Å². The molecule has 1 heterocycles. The van der Waals surface area contributed by atoms with Crippen LogP contribution in [-0.4, -0.2) is 28.4 Å². The lowest BCUT2D eigenvalue weighted by molar-refractivity contribution is -0.384. The summed E-state index contributed by atoms with van der Waals surface area (Å²) in [6.45, 7) is 0. The third-order valence-corrected chi connectivity index (χ3v) is 5.78. The summed E-state index contributed by atoms with van der Waals surface area (Å²) in [5, 5.41) is 18.0. The standard InChI is InChI=1S/C23H22N4O4/c28-21(22(29)26-24-15-16-7-9-18(10-8-16)27(30)31)13-20-19-6-2-1-5-17(19)14-23(25-20)11-3-4-12-23/h1-2,5-10,13,15,25H,3-4,11-12,14H2,(H,26,29). The molecule has 31 heavy (non-hydrogen) atoms. The van der Waals surface area contributed by atoms with E-state index in [1.54, 1.807) is 0 Å². The third kappa shape index (κ3) is 4.53. The molecular weight excluding hydrogens is 396 g/mol. The monoisotopic (exact) mass is 418 g/mol. The number of fused-ring (bicyclic) bond motifs is 1. The van der Waals surface area contributed by atoms with E-state index >= 15 is 0 Å². The Bertz CT molecular complexity index is 1080. The summed E-state index contributed by atoms with van der Waals surface area (Å²) in [4.78, 5) is 34.9. The van der Waals surface area contributed by atoms with Gasteiger partial charge >= 0.3 is 5.91 Å². The summed E-state index contributed by atoms with van der Waals surface area (Å²) < 4.78 is 0. The summed E-state index contributed by atoms with van der Waals surface area (Å²) in [5.41, 5.74) is 5.48. The van der Waals surface area contributed by atoms with Crippen LogP contribution >= 0.6 is 0 Å². The second-order valence-corrected chi connectivity index (χ2v) is 7.92. The number of carbonyl (C=O) groups excluding carboxylic acids is 2. The highest BCUT2D eigenvalue weighted by Crippen LogP contribution is 2.39. The van der Waals surface area contributed by atoms with Gasteiger partial charge in [-0.15, -0.1) is 0 Å². The summed E-state index contributed by atoms with van der Waals surface area (Å²) >= 11 is 0. The lowest BCUT2D eigenvalue weighted by Crippen LogP contribution is -2.47. The van der Waals surface area contributed by atoms with Gasteiger partial charge in [-0.25, -0.2) is 5.43 Å². The lowest BCUT2D eigenvalue weighted by atomic mass is 9.82. The second-order valence-electron chi connectivity index (χ2n) is 7.92. The van der Waals surface area contributed by atoms with Crippen LogP contribution in [-0.2, 0) is 16.0 Å². The largest absolute Gasteiger partial charge is 0.379 e. The fraction of sp³-hybridized carbons (Fsp3) is 0.261. The summed E-state index contributed by atoms with van der Waals surface area (Å²) in [6.07, 6.45) is 7.96. The highest BCUT2D eigenvalue weighted by atomic mass is 16.6. The van der Waals surface area contributed by atoms with E-state index in [-0.39, 0.29) is 11.2 Å². The molecule has 0 bridgehead atoms. The smallest absolute Gasteiger partial charge is 0.311 e. The van der Waals surface area contributed by atoms with E-state index in [1.807, 2.05) is 18.2 Å². The van der Waals surface area contributed by atoms with Crippen molar-refractivity contribution in [3.05, 3.63) is 81.4 Å². The minimum Gasteiger partial charge on any atom is -0.379 e. The van der Waals surface area contributed by atoms with E-state index in [4.69, 9.17) is 0 Å². The normalized spacial score (nSPS) is 18.0. The maximum Gasteiger partial charge on any atom is 0.311 e. The third-order valence-electron chi connectivity index (χ3n) is 5.78. The zero-order valence-electron chi connectivity index (χ0n) is 16.8. The summed E-state index contributed by atoms with van der Waals surface area (Å²) in [6, 6.07) is 13.6. The molecule has 0 unspecified atom stereocenters. The van der Waals surface area contributed by atoms with Crippen LogP contribution in [0.2, 0.25) is 0 Å². The number of hydrazone groups is 1. The van der Waals surface area contributed by atoms with Crippen LogP contribution in [0.3, 0.4) is 0 Å². The maximum absolute atomic E-state index is 12.5. The molecule has 2 aliphatic rings. The molecule has 1 saturated carbocycles. The number of amides is 1. The van der Waals surface area contributed by atoms with Crippen molar-refractivity contribution in [3.8, 4) is 0 Å². The number of hydrogen-bond acceptors (Lipinski definition) is 6. The van der Waals surface area contributed by atoms with Crippen molar-refractivity contribution in [2.75, 3.05) is 0 Å². The van der Waals surface area contributed by atoms with Gasteiger partial charge in [0.2, 0.25) is 5.78 Å². The molecule has 1 aliphatic carbocycles. The predicted octanol–water partition coefficient (Wildman–Crippen LogP) is 3.11. The first-order valence-corrected chi connectivity index (χ1v) is 10.2. The van der Waals surface area contributed by atoms with Gasteiger partial charge in [0.1, 0.15) is 0 Å². The fourth-order valence-electron chi connectivity index (χ4n) is 4.27. The van der Waals surface area contributed by atoms with Crippen LogP contribution in [0, 0.1) is 10.1 Å². The zero-order valence-corrected chi connectivity index (χ0v) is 16.8. The Balaban J connectivity index is 1.46. The van der Waals surface area contributed by atoms with Crippen LogP contribution in [0.5, 0.6) is 0 Å². The van der Waals surface area contributed by atoms with Crippen molar-refractivity contribution in [2.45, 2.75) is 37.6 Å². The molecule has 2 N–H and O–H groups in total. The Morgan fingerprint density at radius 3 is 2.52 bits per heavy atom. The van der Waals surface area contributed by atoms with E-state index in [1.165, 1.54) is 42.1 Å². The number of carbonyl (C=O) groups is 2. The van der Waals surface area contributed by atoms with E-state index in [0.717, 1.165) is 37.7 Å². The van der Waals surface area contributed by atoms with Gasteiger partial charge in [-0.1, -0.05) is 37.1 Å². The predicted molar refractivity (Wildman–Crippen MR) is 116 cm³/mol. The van der Waals surface area contributed by atoms with E-state index in [2.05, 4.69) is 21.9 Å². The van der Waals surface area contributed by atoms with E-state index in [0.29, 0.717) is 11.3 Å². The quantitative estimate of drug-likeness (QED) is 0.255. The molecular formula is C23H22N4O4. The molecule has 2 aromatic carbocycles. The van der Waals surface area contributed by atoms with Gasteiger partial charge in [-0.3, -0.25) is 19.7 Å². The number of nitro groups is 1. The molecule has 1 amide bonds. The van der Waals surface area contributed by atoms with Gasteiger partial charge in [0.15, 0.2) is 0 Å². The van der Waals surface area contributed by atoms with Gasteiger partial charge in [0.25, 0.3) is 5.69 Å². The van der Waals surface area contributed by atoms with Gasteiger partial charge in [-0.05, 0) is 42.5 Å². The minimum absolute atomic E-state index is 0.0386. The number of nitro benzene ring substituents is 1. The average molecular weight is 418 g/mol. The Morgan fingerprint density at radius 1 is 1.10 bits per heavy atom. The van der Waals surface area contributed by atoms with Gasteiger partial charge in [0.05, 0.1) is 11.1 Å². The van der Waals surface area contributed by atoms with Crippen LogP contribution in [0.4, 0.5) is 5.69 Å². The Hall–Kier alpha value is -3.81. The first-order valence-electron chi connectivity index (χ1n) is 10.2. The molecule has 8 heteroatoms. The number of hydrogen-bond donors (Lipinski definition) is 2. The summed E-state index contributed by atoms with van der Waals surface area (Å²) in [7, 11) is 0. The molecule has 1 fully saturated rings. The SMILES string of the molecule is O=C(C=C1NC2(CCCC2)Cc2ccccc21)C(=O)NN=Cc1ccc([N+](=O)[O-])cc1. The molecule has 0 aromatic heterocycles. The van der Waals surface area contributed by atoms with Gasteiger partial charge in [0, 0.05) is 35.0 Å². The zero-order chi connectivity index (χ0) is 21.8. The summed E-state index contributed by atoms with van der Waals surface area (Å²) in [5.74, 6) is -1.55. The maximum atomic E-state index is 12.5. The van der Waals surface area contributed by atoms with Gasteiger partial charge < -0.3 is 5.32 Å². The molecule has 1 aliphatic heterocycles. The van der Waals surface area contributed by atoms with Crippen molar-refractivity contribution in [3.63, 3.8) is 0 Å². The van der Waals surface area contributed by atoms with Crippen LogP contribution in [0.25, 0.3) is 5.70 Å². The topological polar surface area (TPSA) is 114 Å². The number of ketones is 1. The average Bonchev–Trinajstić information content (AvgIpc) is 3.21. The van der Waals surface area contributed by atoms with Crippen LogP contribution in [0.1, 0.15) is 42.4 Å². The first-order chi connectivity index (χ1) is 15.0. The van der Waals surface area contributed by atoms with Crippen molar-refractivity contribution in [1.82, 2.24) is 10.7 Å². The highest BCUT2D eigenvalue weighted by Gasteiger charge is 2.38. The van der Waals surface area contributed by atoms with Crippen molar-refractivity contribution < 1.29 is 14.5 Å². The van der Waals surface area contributed by atoms with Crippen molar-refractivity contribution >= 4 is 29.3 Å². The second kappa shape index (κ2) is 8.51.